The summed E-state index contributed by atoms with van der Waals surface area (Å²) in [6.07, 6.45) is -1.21. The van der Waals surface area contributed by atoms with E-state index in [1.54, 1.807) is 27.9 Å². The summed E-state index contributed by atoms with van der Waals surface area (Å²) in [6.45, 7) is 6.49. The summed E-state index contributed by atoms with van der Waals surface area (Å²) in [5.41, 5.74) is 0.520. The van der Waals surface area contributed by atoms with Crippen molar-refractivity contribution in [2.75, 3.05) is 20.2 Å². The van der Waals surface area contributed by atoms with E-state index in [4.69, 9.17) is 9.47 Å². The second-order valence-electron chi connectivity index (χ2n) is 6.02. The average molecular weight is 310 g/mol. The quantitative estimate of drug-likeness (QED) is 0.714. The van der Waals surface area contributed by atoms with Gasteiger partial charge < -0.3 is 25.2 Å². The van der Waals surface area contributed by atoms with Crippen LogP contribution >= 0.6 is 0 Å². The Bertz CT molecular complexity index is 471. The number of hydrogen-bond acceptors (Lipinski definition) is 5. The van der Waals surface area contributed by atoms with E-state index in [9.17, 15) is 9.90 Å². The number of alkyl carbamates (subject to hydrolysis) is 1. The zero-order chi connectivity index (χ0) is 16.6. The fourth-order valence-electron chi connectivity index (χ4n) is 1.75. The molecule has 0 bridgehead atoms. The minimum atomic E-state index is -0.682. The van der Waals surface area contributed by atoms with Crippen LogP contribution < -0.4 is 15.4 Å². The number of hydrogen-bond donors (Lipinski definition) is 3. The van der Waals surface area contributed by atoms with Gasteiger partial charge in [0.1, 0.15) is 11.4 Å². The minimum Gasteiger partial charge on any atom is -0.497 e. The largest absolute Gasteiger partial charge is 0.497 e. The standard InChI is InChI=1S/C16H26N2O4/c1-16(2,3)22-15(20)18-11-13(19)10-17-9-12-6-5-7-14(8-12)21-4/h5-8,13,17,19H,9-11H2,1-4H3,(H,18,20)/t13-/m1/s1. The average Bonchev–Trinajstić information content (AvgIpc) is 2.43. The van der Waals surface area contributed by atoms with Crippen LogP contribution in [-0.2, 0) is 11.3 Å². The van der Waals surface area contributed by atoms with Crippen molar-refractivity contribution >= 4 is 6.09 Å². The molecule has 1 rings (SSSR count). The first-order valence-electron chi connectivity index (χ1n) is 7.29. The van der Waals surface area contributed by atoms with Crippen LogP contribution in [0.25, 0.3) is 0 Å². The zero-order valence-electron chi connectivity index (χ0n) is 13.7. The summed E-state index contributed by atoms with van der Waals surface area (Å²) in [4.78, 5) is 11.5. The number of ether oxygens (including phenoxy) is 2. The molecule has 0 aliphatic heterocycles. The minimum absolute atomic E-state index is 0.139. The Morgan fingerprint density at radius 3 is 2.68 bits per heavy atom. The molecule has 0 saturated carbocycles. The maximum atomic E-state index is 11.5. The monoisotopic (exact) mass is 310 g/mol. The Morgan fingerprint density at radius 2 is 2.05 bits per heavy atom. The van der Waals surface area contributed by atoms with Crippen LogP contribution in [0.3, 0.4) is 0 Å². The van der Waals surface area contributed by atoms with Gasteiger partial charge >= 0.3 is 6.09 Å². The molecule has 0 unspecified atom stereocenters. The normalized spacial score (nSPS) is 12.6. The van der Waals surface area contributed by atoms with E-state index in [2.05, 4.69) is 10.6 Å². The third-order valence-electron chi connectivity index (χ3n) is 2.72. The molecule has 0 saturated heterocycles. The van der Waals surface area contributed by atoms with Crippen molar-refractivity contribution in [3.8, 4) is 5.75 Å². The molecule has 6 heteroatoms. The van der Waals surface area contributed by atoms with Gasteiger partial charge in [0.2, 0.25) is 0 Å². The van der Waals surface area contributed by atoms with E-state index < -0.39 is 17.8 Å². The van der Waals surface area contributed by atoms with Crippen molar-refractivity contribution in [1.29, 1.82) is 0 Å². The Morgan fingerprint density at radius 1 is 1.32 bits per heavy atom. The lowest BCUT2D eigenvalue weighted by Gasteiger charge is -2.20. The molecule has 0 spiro atoms. The lowest BCUT2D eigenvalue weighted by Crippen LogP contribution is -2.40. The van der Waals surface area contributed by atoms with E-state index in [-0.39, 0.29) is 6.54 Å². The number of nitrogens with one attached hydrogen (secondary N) is 2. The Labute approximate surface area is 131 Å². The molecule has 1 atom stereocenters. The van der Waals surface area contributed by atoms with Crippen LogP contribution in [0.5, 0.6) is 5.75 Å². The number of amides is 1. The molecule has 0 radical (unpaired) electrons. The van der Waals surface area contributed by atoms with E-state index in [1.165, 1.54) is 0 Å². The van der Waals surface area contributed by atoms with Crippen LogP contribution in [0, 0.1) is 0 Å². The van der Waals surface area contributed by atoms with Crippen molar-refractivity contribution in [1.82, 2.24) is 10.6 Å². The molecule has 1 aromatic carbocycles. The molecule has 3 N–H and O–H groups in total. The molecule has 0 heterocycles. The first kappa shape index (κ1) is 18.3. The summed E-state index contributed by atoms with van der Waals surface area (Å²) in [5.74, 6) is 0.798. The lowest BCUT2D eigenvalue weighted by atomic mass is 10.2. The lowest BCUT2D eigenvalue weighted by molar-refractivity contribution is 0.0492. The zero-order valence-corrected chi connectivity index (χ0v) is 13.7. The highest BCUT2D eigenvalue weighted by Gasteiger charge is 2.16. The molecule has 0 aromatic heterocycles. The number of rotatable bonds is 7. The van der Waals surface area contributed by atoms with E-state index in [0.29, 0.717) is 13.1 Å². The smallest absolute Gasteiger partial charge is 0.407 e. The van der Waals surface area contributed by atoms with E-state index >= 15 is 0 Å². The predicted molar refractivity (Wildman–Crippen MR) is 84.9 cm³/mol. The van der Waals surface area contributed by atoms with Gasteiger partial charge in [-0.1, -0.05) is 12.1 Å². The molecule has 1 amide bonds. The van der Waals surface area contributed by atoms with Gasteiger partial charge in [-0.25, -0.2) is 4.79 Å². The second-order valence-corrected chi connectivity index (χ2v) is 6.02. The molecular formula is C16H26N2O4. The summed E-state index contributed by atoms with van der Waals surface area (Å²) in [7, 11) is 1.62. The molecule has 0 fully saturated rings. The molecule has 124 valence electrons. The van der Waals surface area contributed by atoms with Crippen LogP contribution in [0.2, 0.25) is 0 Å². The first-order valence-corrected chi connectivity index (χ1v) is 7.29. The van der Waals surface area contributed by atoms with Gasteiger partial charge in [-0.05, 0) is 38.5 Å². The van der Waals surface area contributed by atoms with Gasteiger partial charge in [-0.2, -0.15) is 0 Å². The highest BCUT2D eigenvalue weighted by molar-refractivity contribution is 5.67. The number of carbonyl (C=O) groups is 1. The van der Waals surface area contributed by atoms with Gasteiger partial charge in [0, 0.05) is 19.6 Å². The Kier molecular flexibility index (Phi) is 7.14. The van der Waals surface area contributed by atoms with Crippen molar-refractivity contribution in [2.24, 2.45) is 0 Å². The molecular weight excluding hydrogens is 284 g/mol. The van der Waals surface area contributed by atoms with E-state index in [0.717, 1.165) is 11.3 Å². The topological polar surface area (TPSA) is 79.8 Å². The Balaban J connectivity index is 2.23. The molecule has 0 aliphatic carbocycles. The van der Waals surface area contributed by atoms with Crippen molar-refractivity contribution in [2.45, 2.75) is 39.0 Å². The molecule has 6 nitrogen and oxygen atoms in total. The third-order valence-corrected chi connectivity index (χ3v) is 2.72. The van der Waals surface area contributed by atoms with Gasteiger partial charge in [-0.3, -0.25) is 0 Å². The third kappa shape index (κ3) is 7.85. The van der Waals surface area contributed by atoms with Crippen molar-refractivity contribution < 1.29 is 19.4 Å². The second kappa shape index (κ2) is 8.60. The van der Waals surface area contributed by atoms with Gasteiger partial charge in [0.15, 0.2) is 0 Å². The first-order chi connectivity index (χ1) is 10.3. The van der Waals surface area contributed by atoms with Crippen LogP contribution in [0.4, 0.5) is 4.79 Å². The SMILES string of the molecule is COc1cccc(CNC[C@@H](O)CNC(=O)OC(C)(C)C)c1. The maximum absolute atomic E-state index is 11.5. The molecule has 22 heavy (non-hydrogen) atoms. The summed E-state index contributed by atoms with van der Waals surface area (Å²) < 4.78 is 10.2. The molecule has 0 aliphatic rings. The molecule has 1 aromatic rings. The summed E-state index contributed by atoms with van der Waals surface area (Å²) >= 11 is 0. The summed E-state index contributed by atoms with van der Waals surface area (Å²) in [6, 6.07) is 7.69. The fourth-order valence-corrected chi connectivity index (χ4v) is 1.75. The van der Waals surface area contributed by atoms with Gasteiger partial charge in [0.25, 0.3) is 0 Å². The predicted octanol–water partition coefficient (Wildman–Crippen LogP) is 1.67. The maximum Gasteiger partial charge on any atom is 0.407 e. The van der Waals surface area contributed by atoms with Crippen molar-refractivity contribution in [3.63, 3.8) is 0 Å². The Hall–Kier alpha value is -1.79. The van der Waals surface area contributed by atoms with Crippen LogP contribution in [0.15, 0.2) is 24.3 Å². The van der Waals surface area contributed by atoms with Crippen LogP contribution in [0.1, 0.15) is 26.3 Å². The van der Waals surface area contributed by atoms with Gasteiger partial charge in [0.05, 0.1) is 13.2 Å². The van der Waals surface area contributed by atoms with Gasteiger partial charge in [-0.15, -0.1) is 0 Å². The summed E-state index contributed by atoms with van der Waals surface area (Å²) in [5, 5.41) is 15.5. The number of aliphatic hydroxyl groups excluding tert-OH is 1. The fraction of sp³-hybridized carbons (Fsp3) is 0.562. The number of methoxy groups -OCH3 is 1. The number of benzene rings is 1. The highest BCUT2D eigenvalue weighted by Crippen LogP contribution is 2.12. The number of carbonyl (C=O) groups excluding carboxylic acids is 1. The highest BCUT2D eigenvalue weighted by atomic mass is 16.6. The number of aliphatic hydroxyl groups is 1. The van der Waals surface area contributed by atoms with Crippen LogP contribution in [-0.4, -0.2) is 43.1 Å². The van der Waals surface area contributed by atoms with Crippen molar-refractivity contribution in [3.05, 3.63) is 29.8 Å². The van der Waals surface area contributed by atoms with E-state index in [1.807, 2.05) is 24.3 Å².